The highest BCUT2D eigenvalue weighted by molar-refractivity contribution is 7.91. The maximum Gasteiger partial charge on any atom is 0.210 e. The Kier molecular flexibility index (Phi) is 9.48. The lowest BCUT2D eigenvalue weighted by atomic mass is 10.2. The molecule has 0 amide bonds. The molecule has 0 heterocycles. The topological polar surface area (TPSA) is 64.6 Å². The number of benzene rings is 2. The van der Waals surface area contributed by atoms with Crippen molar-refractivity contribution in [3.8, 4) is 11.5 Å². The third-order valence-electron chi connectivity index (χ3n) is 3.84. The number of hydrogen-bond acceptors (Lipinski definition) is 5. The summed E-state index contributed by atoms with van der Waals surface area (Å²) >= 11 is 0. The van der Waals surface area contributed by atoms with Gasteiger partial charge in [0.05, 0.1) is 18.6 Å². The van der Waals surface area contributed by atoms with Crippen LogP contribution < -0.4 is 14.8 Å². The lowest BCUT2D eigenvalue weighted by Crippen LogP contribution is -2.09. The fourth-order valence-electron chi connectivity index (χ4n) is 2.44. The van der Waals surface area contributed by atoms with Crippen LogP contribution in [-0.2, 0) is 9.84 Å². The first kappa shape index (κ1) is 22.3. The number of halogens is 1. The predicted molar refractivity (Wildman–Crippen MR) is 105 cm³/mol. The summed E-state index contributed by atoms with van der Waals surface area (Å²) in [6.07, 6.45) is 3.00. The first-order valence-electron chi connectivity index (χ1n) is 8.35. The van der Waals surface area contributed by atoms with E-state index >= 15 is 0 Å². The number of unbranched alkanes of at least 4 members (excludes halogenated alkanes) is 2. The van der Waals surface area contributed by atoms with Crippen molar-refractivity contribution in [2.75, 3.05) is 27.3 Å². The van der Waals surface area contributed by atoms with Crippen LogP contribution in [-0.4, -0.2) is 35.7 Å². The largest absolute Gasteiger partial charge is 0.497 e. The number of nitrogens with one attached hydrogen (secondary N) is 1. The number of sulfone groups is 1. The Bertz CT molecular complexity index is 763. The number of para-hydroxylation sites is 1. The molecule has 0 radical (unpaired) electrons. The molecule has 0 fully saturated rings. The Morgan fingerprint density at radius 2 is 1.65 bits per heavy atom. The highest BCUT2D eigenvalue weighted by Crippen LogP contribution is 2.30. The number of methoxy groups -OCH3 is 1. The third-order valence-corrected chi connectivity index (χ3v) is 5.65. The zero-order valence-electron chi connectivity index (χ0n) is 15.1. The summed E-state index contributed by atoms with van der Waals surface area (Å²) in [5.41, 5.74) is 0. The van der Waals surface area contributed by atoms with Crippen molar-refractivity contribution in [1.29, 1.82) is 0 Å². The first-order chi connectivity index (χ1) is 12.1. The van der Waals surface area contributed by atoms with E-state index in [9.17, 15) is 8.42 Å². The molecule has 2 rings (SSSR count). The van der Waals surface area contributed by atoms with E-state index in [1.54, 1.807) is 55.6 Å². The summed E-state index contributed by atoms with van der Waals surface area (Å²) in [6, 6.07) is 13.1. The Hall–Kier alpha value is -1.76. The van der Waals surface area contributed by atoms with Gasteiger partial charge in [-0.15, -0.1) is 12.4 Å². The molecular weight excluding hydrogens is 374 g/mol. The zero-order valence-corrected chi connectivity index (χ0v) is 16.7. The quantitative estimate of drug-likeness (QED) is 0.617. The smallest absolute Gasteiger partial charge is 0.210 e. The molecule has 0 aliphatic heterocycles. The molecule has 144 valence electrons. The Morgan fingerprint density at radius 3 is 2.31 bits per heavy atom. The van der Waals surface area contributed by atoms with E-state index in [1.807, 2.05) is 7.05 Å². The maximum atomic E-state index is 12.9. The van der Waals surface area contributed by atoms with Crippen molar-refractivity contribution in [1.82, 2.24) is 5.32 Å². The van der Waals surface area contributed by atoms with Crippen LogP contribution in [0.5, 0.6) is 11.5 Å². The average molecular weight is 400 g/mol. The lowest BCUT2D eigenvalue weighted by molar-refractivity contribution is 0.297. The highest BCUT2D eigenvalue weighted by Gasteiger charge is 2.22. The zero-order chi connectivity index (χ0) is 18.1. The minimum Gasteiger partial charge on any atom is -0.497 e. The molecule has 5 nitrogen and oxygen atoms in total. The van der Waals surface area contributed by atoms with Crippen molar-refractivity contribution in [3.63, 3.8) is 0 Å². The van der Waals surface area contributed by atoms with Crippen LogP contribution in [0.15, 0.2) is 58.3 Å². The fraction of sp³-hybridized carbons (Fsp3) is 0.368. The van der Waals surface area contributed by atoms with Crippen LogP contribution in [0.2, 0.25) is 0 Å². The monoisotopic (exact) mass is 399 g/mol. The molecule has 0 aliphatic carbocycles. The number of ether oxygens (including phenoxy) is 2. The van der Waals surface area contributed by atoms with Gasteiger partial charge in [-0.25, -0.2) is 8.42 Å². The number of rotatable bonds is 10. The van der Waals surface area contributed by atoms with Crippen molar-refractivity contribution in [2.45, 2.75) is 29.1 Å². The first-order valence-corrected chi connectivity index (χ1v) is 9.83. The number of hydrogen-bond donors (Lipinski definition) is 1. The van der Waals surface area contributed by atoms with Gasteiger partial charge < -0.3 is 14.8 Å². The highest BCUT2D eigenvalue weighted by atomic mass is 35.5. The van der Waals surface area contributed by atoms with E-state index in [4.69, 9.17) is 9.47 Å². The van der Waals surface area contributed by atoms with E-state index in [-0.39, 0.29) is 22.2 Å². The SMILES string of the molecule is CNCCCCCOc1ccccc1S(=O)(=O)c1ccc(OC)cc1.Cl. The molecule has 26 heavy (non-hydrogen) atoms. The van der Waals surface area contributed by atoms with Crippen molar-refractivity contribution in [2.24, 2.45) is 0 Å². The Morgan fingerprint density at radius 1 is 0.962 bits per heavy atom. The van der Waals surface area contributed by atoms with Gasteiger partial charge in [-0.2, -0.15) is 0 Å². The summed E-state index contributed by atoms with van der Waals surface area (Å²) in [4.78, 5) is 0.411. The lowest BCUT2D eigenvalue weighted by Gasteiger charge is -2.12. The van der Waals surface area contributed by atoms with E-state index < -0.39 is 9.84 Å². The average Bonchev–Trinajstić information content (AvgIpc) is 2.65. The van der Waals surface area contributed by atoms with E-state index in [0.29, 0.717) is 18.1 Å². The van der Waals surface area contributed by atoms with Crippen LogP contribution in [0.1, 0.15) is 19.3 Å². The predicted octanol–water partition coefficient (Wildman–Crippen LogP) is 3.72. The van der Waals surface area contributed by atoms with Crippen molar-refractivity contribution < 1.29 is 17.9 Å². The van der Waals surface area contributed by atoms with Gasteiger partial charge in [0.15, 0.2) is 0 Å². The molecule has 2 aromatic rings. The van der Waals surface area contributed by atoms with Gasteiger partial charge in [-0.1, -0.05) is 12.1 Å². The standard InChI is InChI=1S/C19H25NO4S.ClH/c1-20-14-6-3-7-15-24-18-8-4-5-9-19(18)25(21,22)17-12-10-16(23-2)11-13-17;/h4-5,8-13,20H,3,6-7,14-15H2,1-2H3;1H. The van der Waals surface area contributed by atoms with Crippen molar-refractivity contribution in [3.05, 3.63) is 48.5 Å². The van der Waals surface area contributed by atoms with Crippen LogP contribution in [0.4, 0.5) is 0 Å². The van der Waals surface area contributed by atoms with Gasteiger partial charge in [-0.05, 0) is 69.3 Å². The molecule has 0 bridgehead atoms. The summed E-state index contributed by atoms with van der Waals surface area (Å²) in [6.45, 7) is 1.47. The molecule has 7 heteroatoms. The minimum atomic E-state index is -3.64. The molecule has 0 spiro atoms. The van der Waals surface area contributed by atoms with E-state index in [1.165, 1.54) is 0 Å². The Balaban J connectivity index is 0.00000338. The molecule has 0 aromatic heterocycles. The van der Waals surface area contributed by atoms with Crippen LogP contribution in [0.25, 0.3) is 0 Å². The molecule has 0 atom stereocenters. The van der Waals surface area contributed by atoms with Gasteiger partial charge >= 0.3 is 0 Å². The second kappa shape index (κ2) is 11.1. The Labute approximate surface area is 162 Å². The molecule has 0 unspecified atom stereocenters. The molecule has 2 aromatic carbocycles. The van der Waals surface area contributed by atoms with E-state index in [2.05, 4.69) is 5.32 Å². The normalized spacial score (nSPS) is 10.8. The fourth-order valence-corrected chi connectivity index (χ4v) is 3.83. The maximum absolute atomic E-state index is 12.9. The van der Waals surface area contributed by atoms with E-state index in [0.717, 1.165) is 25.8 Å². The molecular formula is C19H26ClNO4S. The summed E-state index contributed by atoms with van der Waals surface area (Å²) in [5, 5.41) is 3.10. The summed E-state index contributed by atoms with van der Waals surface area (Å²) < 4.78 is 36.6. The van der Waals surface area contributed by atoms with Crippen molar-refractivity contribution >= 4 is 22.2 Å². The third kappa shape index (κ3) is 5.90. The minimum absolute atomic E-state index is 0. The molecule has 0 saturated carbocycles. The molecule has 1 N–H and O–H groups in total. The molecule has 0 aliphatic rings. The van der Waals surface area contributed by atoms with Crippen LogP contribution in [0, 0.1) is 0 Å². The second-order valence-corrected chi connectivity index (χ2v) is 7.56. The molecule has 0 saturated heterocycles. The van der Waals surface area contributed by atoms with Crippen LogP contribution in [0.3, 0.4) is 0 Å². The van der Waals surface area contributed by atoms with Gasteiger partial charge in [0.25, 0.3) is 0 Å². The van der Waals surface area contributed by atoms with Crippen LogP contribution >= 0.6 is 12.4 Å². The van der Waals surface area contributed by atoms with Gasteiger partial charge in [0, 0.05) is 0 Å². The summed E-state index contributed by atoms with van der Waals surface area (Å²) in [7, 11) is -0.164. The van der Waals surface area contributed by atoms with Gasteiger partial charge in [-0.3, -0.25) is 0 Å². The second-order valence-electron chi connectivity index (χ2n) is 5.64. The van der Waals surface area contributed by atoms with Gasteiger partial charge in [0.1, 0.15) is 16.4 Å². The summed E-state index contributed by atoms with van der Waals surface area (Å²) in [5.74, 6) is 1.01. The van der Waals surface area contributed by atoms with Gasteiger partial charge in [0.2, 0.25) is 9.84 Å².